The zero-order valence-corrected chi connectivity index (χ0v) is 17.0. The molecule has 0 N–H and O–H groups in total. The lowest BCUT2D eigenvalue weighted by molar-refractivity contribution is 0.577. The van der Waals surface area contributed by atoms with E-state index in [-0.39, 0.29) is 5.92 Å². The van der Waals surface area contributed by atoms with Crippen LogP contribution in [0.5, 0.6) is 0 Å². The van der Waals surface area contributed by atoms with Crippen LogP contribution in [0.2, 0.25) is 0 Å². The zero-order chi connectivity index (χ0) is 21.1. The molecule has 2 heteroatoms. The van der Waals surface area contributed by atoms with Gasteiger partial charge >= 0.3 is 0 Å². The summed E-state index contributed by atoms with van der Waals surface area (Å²) in [6.45, 7) is 4.11. The SMILES string of the molecule is Cc1cccc(C)c1C#CC1=CC2C(=CC=C1)C=C(c1ccccc1)C2(C#N)C#N. The lowest BCUT2D eigenvalue weighted by atomic mass is 9.72. The molecule has 0 saturated heterocycles. The predicted octanol–water partition coefficient (Wildman–Crippen LogP) is 5.82. The average molecular weight is 384 g/mol. The van der Waals surface area contributed by atoms with Gasteiger partial charge in [-0.3, -0.25) is 0 Å². The topological polar surface area (TPSA) is 47.6 Å². The highest BCUT2D eigenvalue weighted by atomic mass is 14.5. The number of benzene rings is 2. The van der Waals surface area contributed by atoms with E-state index in [4.69, 9.17) is 0 Å². The van der Waals surface area contributed by atoms with Crippen molar-refractivity contribution < 1.29 is 0 Å². The van der Waals surface area contributed by atoms with Crippen molar-refractivity contribution >= 4 is 5.57 Å². The van der Waals surface area contributed by atoms with Crippen LogP contribution in [0, 0.1) is 59.7 Å². The van der Waals surface area contributed by atoms with Crippen LogP contribution in [0.15, 0.2) is 90.1 Å². The van der Waals surface area contributed by atoms with Crippen molar-refractivity contribution in [3.8, 4) is 24.0 Å². The first-order valence-electron chi connectivity index (χ1n) is 9.87. The van der Waals surface area contributed by atoms with Crippen molar-refractivity contribution in [3.63, 3.8) is 0 Å². The van der Waals surface area contributed by atoms with E-state index in [9.17, 15) is 10.5 Å². The van der Waals surface area contributed by atoms with Gasteiger partial charge in [-0.05, 0) is 47.8 Å². The van der Waals surface area contributed by atoms with Gasteiger partial charge in [0.25, 0.3) is 0 Å². The van der Waals surface area contributed by atoms with E-state index in [0.717, 1.165) is 39.0 Å². The first kappa shape index (κ1) is 19.3. The first-order chi connectivity index (χ1) is 14.6. The molecular weight excluding hydrogens is 364 g/mol. The standard InChI is InChI=1S/C28H20N2/c1-20-8-6-9-21(2)25(20)15-14-22-10-7-13-24-17-27(23-11-4-3-5-12-23)28(18-29,19-30)26(24)16-22/h3-13,16-17,26H,1-2H3. The molecule has 2 aromatic carbocycles. The number of nitriles is 2. The fraction of sp³-hybridized carbons (Fsp3) is 0.143. The molecule has 0 fully saturated rings. The molecule has 0 spiro atoms. The number of aryl methyl sites for hydroxylation is 2. The lowest BCUT2D eigenvalue weighted by Crippen LogP contribution is -2.24. The third kappa shape index (κ3) is 3.18. The number of allylic oxidation sites excluding steroid dienone is 8. The van der Waals surface area contributed by atoms with Gasteiger partial charge in [-0.25, -0.2) is 0 Å². The van der Waals surface area contributed by atoms with Gasteiger partial charge in [0.05, 0.1) is 12.1 Å². The van der Waals surface area contributed by atoms with Crippen molar-refractivity contribution in [1.82, 2.24) is 0 Å². The molecule has 2 aliphatic carbocycles. The van der Waals surface area contributed by atoms with E-state index in [1.165, 1.54) is 0 Å². The minimum atomic E-state index is -1.27. The van der Waals surface area contributed by atoms with Crippen molar-refractivity contribution in [2.24, 2.45) is 11.3 Å². The van der Waals surface area contributed by atoms with Crippen molar-refractivity contribution in [3.05, 3.63) is 112 Å². The fourth-order valence-electron chi connectivity index (χ4n) is 4.10. The summed E-state index contributed by atoms with van der Waals surface area (Å²) in [4.78, 5) is 0. The van der Waals surface area contributed by atoms with E-state index < -0.39 is 5.41 Å². The van der Waals surface area contributed by atoms with E-state index in [1.54, 1.807) is 0 Å². The third-order valence-corrected chi connectivity index (χ3v) is 5.72. The van der Waals surface area contributed by atoms with Crippen LogP contribution in [0.1, 0.15) is 22.3 Å². The number of hydrogen-bond acceptors (Lipinski definition) is 2. The third-order valence-electron chi connectivity index (χ3n) is 5.72. The zero-order valence-electron chi connectivity index (χ0n) is 17.0. The van der Waals surface area contributed by atoms with Crippen molar-refractivity contribution in [2.75, 3.05) is 0 Å². The van der Waals surface area contributed by atoms with E-state index in [0.29, 0.717) is 0 Å². The molecule has 1 unspecified atom stereocenters. The van der Waals surface area contributed by atoms with Gasteiger partial charge in [-0.15, -0.1) is 0 Å². The van der Waals surface area contributed by atoms with Gasteiger partial charge in [0.15, 0.2) is 5.41 Å². The molecular formula is C28H20N2. The molecule has 0 radical (unpaired) electrons. The van der Waals surface area contributed by atoms with E-state index >= 15 is 0 Å². The second kappa shape index (κ2) is 7.75. The van der Waals surface area contributed by atoms with Crippen LogP contribution in [0.4, 0.5) is 0 Å². The molecule has 2 nitrogen and oxygen atoms in total. The Kier molecular flexibility index (Phi) is 4.98. The molecule has 0 aromatic heterocycles. The molecule has 0 heterocycles. The molecule has 1 atom stereocenters. The number of rotatable bonds is 1. The smallest absolute Gasteiger partial charge is 0.179 e. The highest BCUT2D eigenvalue weighted by Crippen LogP contribution is 2.52. The molecule has 2 aromatic rings. The van der Waals surface area contributed by atoms with Gasteiger partial charge in [0.1, 0.15) is 0 Å². The van der Waals surface area contributed by atoms with Crippen LogP contribution in [0.3, 0.4) is 0 Å². The molecule has 0 aliphatic heterocycles. The summed E-state index contributed by atoms with van der Waals surface area (Å²) < 4.78 is 0. The molecule has 2 aliphatic rings. The molecule has 30 heavy (non-hydrogen) atoms. The Balaban J connectivity index is 1.80. The Bertz CT molecular complexity index is 1240. The summed E-state index contributed by atoms with van der Waals surface area (Å²) in [6, 6.07) is 20.5. The van der Waals surface area contributed by atoms with Gasteiger partial charge in [0.2, 0.25) is 0 Å². The van der Waals surface area contributed by atoms with Crippen molar-refractivity contribution in [2.45, 2.75) is 13.8 Å². The van der Waals surface area contributed by atoms with Crippen LogP contribution in [-0.4, -0.2) is 0 Å². The largest absolute Gasteiger partial charge is 0.196 e. The Morgan fingerprint density at radius 3 is 2.23 bits per heavy atom. The minimum Gasteiger partial charge on any atom is -0.196 e. The summed E-state index contributed by atoms with van der Waals surface area (Å²) >= 11 is 0. The van der Waals surface area contributed by atoms with Gasteiger partial charge in [-0.2, -0.15) is 10.5 Å². The normalized spacial score (nSPS) is 18.4. The highest BCUT2D eigenvalue weighted by Gasteiger charge is 2.48. The maximum Gasteiger partial charge on any atom is 0.179 e. The van der Waals surface area contributed by atoms with Gasteiger partial charge in [-0.1, -0.05) is 84.7 Å². The molecule has 4 rings (SSSR count). The second-order valence-corrected chi connectivity index (χ2v) is 7.60. The van der Waals surface area contributed by atoms with Crippen LogP contribution in [-0.2, 0) is 0 Å². The Morgan fingerprint density at radius 2 is 1.57 bits per heavy atom. The van der Waals surface area contributed by atoms with Gasteiger partial charge < -0.3 is 0 Å². The van der Waals surface area contributed by atoms with Crippen molar-refractivity contribution in [1.29, 1.82) is 10.5 Å². The predicted molar refractivity (Wildman–Crippen MR) is 120 cm³/mol. The average Bonchev–Trinajstić information content (AvgIpc) is 2.92. The quantitative estimate of drug-likeness (QED) is 0.581. The summed E-state index contributed by atoms with van der Waals surface area (Å²) in [5.74, 6) is 6.19. The van der Waals surface area contributed by atoms with Crippen LogP contribution >= 0.6 is 0 Å². The second-order valence-electron chi connectivity index (χ2n) is 7.60. The maximum atomic E-state index is 10.1. The van der Waals surface area contributed by atoms with E-state index in [2.05, 4.69) is 50.0 Å². The number of fused-ring (bicyclic) bond motifs is 1. The monoisotopic (exact) mass is 384 g/mol. The number of nitrogens with zero attached hydrogens (tertiary/aromatic N) is 2. The summed E-state index contributed by atoms with van der Waals surface area (Å²) in [5.41, 5.74) is 5.43. The Morgan fingerprint density at radius 1 is 0.867 bits per heavy atom. The van der Waals surface area contributed by atoms with Crippen LogP contribution in [0.25, 0.3) is 5.57 Å². The molecule has 0 bridgehead atoms. The lowest BCUT2D eigenvalue weighted by Gasteiger charge is -2.23. The summed E-state index contributed by atoms with van der Waals surface area (Å²) in [7, 11) is 0. The maximum absolute atomic E-state index is 10.1. The summed E-state index contributed by atoms with van der Waals surface area (Å²) in [6.07, 6.45) is 9.82. The Hall–Kier alpha value is -4.06. The van der Waals surface area contributed by atoms with E-state index in [1.807, 2.05) is 66.8 Å². The number of hydrogen-bond donors (Lipinski definition) is 0. The molecule has 142 valence electrons. The minimum absolute atomic E-state index is 0.361. The molecule has 0 saturated carbocycles. The van der Waals surface area contributed by atoms with Crippen LogP contribution < -0.4 is 0 Å². The highest BCUT2D eigenvalue weighted by molar-refractivity contribution is 5.83. The van der Waals surface area contributed by atoms with Gasteiger partial charge in [0, 0.05) is 17.1 Å². The molecule has 0 amide bonds. The summed E-state index contributed by atoms with van der Waals surface area (Å²) in [5, 5.41) is 20.2. The fourth-order valence-corrected chi connectivity index (χ4v) is 4.10. The first-order valence-corrected chi connectivity index (χ1v) is 9.87. The Labute approximate surface area is 177 Å².